The summed E-state index contributed by atoms with van der Waals surface area (Å²) in [5.41, 5.74) is 0. The summed E-state index contributed by atoms with van der Waals surface area (Å²) in [7, 11) is 0. The standard InChI is InChI=1S/C9H16N2O3S/c1-2-4-10-9(14)11-5-7-15-6-3-8(12)13/h2H,1,3-7H2,(H,12,13)(H2,10,11,14). The Hall–Kier alpha value is -1.17. The molecule has 0 aliphatic heterocycles. The molecular formula is C9H16N2O3S. The van der Waals surface area contributed by atoms with E-state index in [1.54, 1.807) is 6.08 Å². The summed E-state index contributed by atoms with van der Waals surface area (Å²) in [6.45, 7) is 4.45. The lowest BCUT2D eigenvalue weighted by atomic mass is 10.5. The van der Waals surface area contributed by atoms with Crippen molar-refractivity contribution in [2.24, 2.45) is 0 Å². The van der Waals surface area contributed by atoms with Crippen LogP contribution in [-0.2, 0) is 4.79 Å². The smallest absolute Gasteiger partial charge is 0.315 e. The number of nitrogens with one attached hydrogen (secondary N) is 2. The minimum absolute atomic E-state index is 0.160. The molecule has 0 aromatic rings. The minimum atomic E-state index is -0.792. The Labute approximate surface area is 93.3 Å². The van der Waals surface area contributed by atoms with Gasteiger partial charge in [0.1, 0.15) is 0 Å². The first kappa shape index (κ1) is 13.8. The monoisotopic (exact) mass is 232 g/mol. The molecule has 0 aromatic heterocycles. The zero-order valence-corrected chi connectivity index (χ0v) is 9.31. The van der Waals surface area contributed by atoms with Crippen LogP contribution < -0.4 is 10.6 Å². The van der Waals surface area contributed by atoms with E-state index in [1.165, 1.54) is 11.8 Å². The van der Waals surface area contributed by atoms with Crippen molar-refractivity contribution in [1.82, 2.24) is 10.6 Å². The molecule has 0 aromatic carbocycles. The third-order valence-electron chi connectivity index (χ3n) is 1.40. The van der Waals surface area contributed by atoms with E-state index in [0.717, 1.165) is 5.75 Å². The zero-order valence-electron chi connectivity index (χ0n) is 8.49. The highest BCUT2D eigenvalue weighted by Gasteiger charge is 1.98. The second-order valence-corrected chi connectivity index (χ2v) is 3.91. The molecule has 6 heteroatoms. The maximum atomic E-state index is 11.0. The molecule has 0 saturated carbocycles. The Bertz CT molecular complexity index is 221. The van der Waals surface area contributed by atoms with Crippen molar-refractivity contribution < 1.29 is 14.7 Å². The average Bonchev–Trinajstić information content (AvgIpc) is 2.19. The minimum Gasteiger partial charge on any atom is -0.481 e. The van der Waals surface area contributed by atoms with Crippen molar-refractivity contribution in [2.75, 3.05) is 24.6 Å². The molecule has 0 unspecified atom stereocenters. The number of amides is 2. The topological polar surface area (TPSA) is 78.4 Å². The summed E-state index contributed by atoms with van der Waals surface area (Å²) in [5.74, 6) is 0.499. The van der Waals surface area contributed by atoms with Crippen LogP contribution in [0.4, 0.5) is 4.79 Å². The van der Waals surface area contributed by atoms with E-state index in [2.05, 4.69) is 17.2 Å². The zero-order chi connectivity index (χ0) is 11.5. The van der Waals surface area contributed by atoms with Gasteiger partial charge in [0.25, 0.3) is 0 Å². The number of carbonyl (C=O) groups is 2. The fourth-order valence-corrected chi connectivity index (χ4v) is 1.50. The number of carboxylic acid groups (broad SMARTS) is 1. The first-order valence-electron chi connectivity index (χ1n) is 4.59. The summed E-state index contributed by atoms with van der Waals surface area (Å²) < 4.78 is 0. The number of aliphatic carboxylic acids is 1. The SMILES string of the molecule is C=CCNC(=O)NCCSCCC(=O)O. The summed E-state index contributed by atoms with van der Waals surface area (Å²) in [5, 5.41) is 13.6. The van der Waals surface area contributed by atoms with Crippen molar-refractivity contribution in [3.63, 3.8) is 0 Å². The molecule has 0 aliphatic carbocycles. The normalized spacial score (nSPS) is 9.33. The van der Waals surface area contributed by atoms with Crippen LogP contribution in [0.5, 0.6) is 0 Å². The lowest BCUT2D eigenvalue weighted by Crippen LogP contribution is -2.36. The molecule has 0 bridgehead atoms. The van der Waals surface area contributed by atoms with E-state index in [-0.39, 0.29) is 12.5 Å². The number of carbonyl (C=O) groups excluding carboxylic acids is 1. The first-order valence-corrected chi connectivity index (χ1v) is 5.74. The van der Waals surface area contributed by atoms with Crippen LogP contribution in [0.15, 0.2) is 12.7 Å². The molecule has 0 heterocycles. The lowest BCUT2D eigenvalue weighted by molar-refractivity contribution is -0.136. The molecule has 0 spiro atoms. The van der Waals surface area contributed by atoms with Crippen LogP contribution in [-0.4, -0.2) is 41.7 Å². The number of thioether (sulfide) groups is 1. The number of rotatable bonds is 8. The second kappa shape index (κ2) is 9.39. The third kappa shape index (κ3) is 10.8. The molecule has 3 N–H and O–H groups in total. The Balaban J connectivity index is 3.19. The summed E-state index contributed by atoms with van der Waals surface area (Å²) in [6, 6.07) is -0.228. The van der Waals surface area contributed by atoms with E-state index >= 15 is 0 Å². The van der Waals surface area contributed by atoms with Crippen molar-refractivity contribution in [1.29, 1.82) is 0 Å². The van der Waals surface area contributed by atoms with Gasteiger partial charge in [0.15, 0.2) is 0 Å². The molecule has 0 fully saturated rings. The van der Waals surface area contributed by atoms with Crippen LogP contribution in [0.3, 0.4) is 0 Å². The second-order valence-electron chi connectivity index (χ2n) is 2.68. The van der Waals surface area contributed by atoms with E-state index in [1.807, 2.05) is 0 Å². The van der Waals surface area contributed by atoms with E-state index in [0.29, 0.717) is 18.8 Å². The maximum Gasteiger partial charge on any atom is 0.315 e. The average molecular weight is 232 g/mol. The van der Waals surface area contributed by atoms with Gasteiger partial charge >= 0.3 is 12.0 Å². The quantitative estimate of drug-likeness (QED) is 0.425. The molecule has 2 amide bonds. The Morgan fingerprint density at radius 3 is 2.67 bits per heavy atom. The van der Waals surface area contributed by atoms with Crippen molar-refractivity contribution in [2.45, 2.75) is 6.42 Å². The number of carboxylic acids is 1. The number of urea groups is 1. The van der Waals surface area contributed by atoms with Crippen LogP contribution in [0.25, 0.3) is 0 Å². The summed E-state index contributed by atoms with van der Waals surface area (Å²) in [4.78, 5) is 21.1. The third-order valence-corrected chi connectivity index (χ3v) is 2.38. The van der Waals surface area contributed by atoms with Gasteiger partial charge in [-0.05, 0) is 0 Å². The summed E-state index contributed by atoms with van der Waals surface area (Å²) in [6.07, 6.45) is 1.76. The highest BCUT2D eigenvalue weighted by Crippen LogP contribution is 2.00. The molecule has 86 valence electrons. The first-order chi connectivity index (χ1) is 7.16. The molecule has 5 nitrogen and oxygen atoms in total. The van der Waals surface area contributed by atoms with E-state index < -0.39 is 5.97 Å². The molecule has 0 radical (unpaired) electrons. The van der Waals surface area contributed by atoms with Gasteiger partial charge in [-0.25, -0.2) is 4.79 Å². The van der Waals surface area contributed by atoms with Gasteiger partial charge in [-0.2, -0.15) is 11.8 Å². The highest BCUT2D eigenvalue weighted by atomic mass is 32.2. The van der Waals surface area contributed by atoms with Crippen molar-refractivity contribution in [3.05, 3.63) is 12.7 Å². The Morgan fingerprint density at radius 2 is 2.07 bits per heavy atom. The fraction of sp³-hybridized carbons (Fsp3) is 0.556. The van der Waals surface area contributed by atoms with E-state index in [9.17, 15) is 9.59 Å². The van der Waals surface area contributed by atoms with E-state index in [4.69, 9.17) is 5.11 Å². The van der Waals surface area contributed by atoms with Gasteiger partial charge in [-0.3, -0.25) is 4.79 Å². The Kier molecular flexibility index (Phi) is 8.66. The predicted octanol–water partition coefficient (Wildman–Crippen LogP) is 0.680. The summed E-state index contributed by atoms with van der Waals surface area (Å²) >= 11 is 1.50. The van der Waals surface area contributed by atoms with Gasteiger partial charge in [0, 0.05) is 24.6 Å². The van der Waals surface area contributed by atoms with Gasteiger partial charge < -0.3 is 15.7 Å². The number of hydrogen-bond acceptors (Lipinski definition) is 3. The van der Waals surface area contributed by atoms with Gasteiger partial charge in [0.2, 0.25) is 0 Å². The molecule has 0 atom stereocenters. The van der Waals surface area contributed by atoms with Crippen molar-refractivity contribution in [3.8, 4) is 0 Å². The number of hydrogen-bond donors (Lipinski definition) is 3. The molecule has 0 rings (SSSR count). The maximum absolute atomic E-state index is 11.0. The lowest BCUT2D eigenvalue weighted by Gasteiger charge is -2.04. The molecular weight excluding hydrogens is 216 g/mol. The largest absolute Gasteiger partial charge is 0.481 e. The van der Waals surface area contributed by atoms with Crippen LogP contribution in [0.1, 0.15) is 6.42 Å². The van der Waals surface area contributed by atoms with Crippen molar-refractivity contribution >= 4 is 23.8 Å². The Morgan fingerprint density at radius 1 is 1.33 bits per heavy atom. The fourth-order valence-electron chi connectivity index (χ4n) is 0.726. The van der Waals surface area contributed by atoms with Gasteiger partial charge in [-0.15, -0.1) is 6.58 Å². The van der Waals surface area contributed by atoms with Gasteiger partial charge in [0.05, 0.1) is 6.42 Å². The predicted molar refractivity (Wildman–Crippen MR) is 61.2 cm³/mol. The van der Waals surface area contributed by atoms with Gasteiger partial charge in [-0.1, -0.05) is 6.08 Å². The van der Waals surface area contributed by atoms with Crippen LogP contribution in [0, 0.1) is 0 Å². The molecule has 0 saturated heterocycles. The molecule has 0 aliphatic rings. The van der Waals surface area contributed by atoms with Crippen LogP contribution >= 0.6 is 11.8 Å². The molecule has 15 heavy (non-hydrogen) atoms. The van der Waals surface area contributed by atoms with Crippen LogP contribution in [0.2, 0.25) is 0 Å². The highest BCUT2D eigenvalue weighted by molar-refractivity contribution is 7.99.